The van der Waals surface area contributed by atoms with E-state index < -0.39 is 18.2 Å². The number of nitrogens with one attached hydrogen (secondary N) is 2. The van der Waals surface area contributed by atoms with Crippen LogP contribution in [0.2, 0.25) is 0 Å². The summed E-state index contributed by atoms with van der Waals surface area (Å²) >= 11 is 0. The van der Waals surface area contributed by atoms with Crippen LogP contribution in [0.4, 0.5) is 0 Å². The van der Waals surface area contributed by atoms with Gasteiger partial charge in [0, 0.05) is 6.20 Å². The average Bonchev–Trinajstić information content (AvgIpc) is 2.04. The van der Waals surface area contributed by atoms with Gasteiger partial charge in [-0.25, -0.2) is 4.79 Å². The summed E-state index contributed by atoms with van der Waals surface area (Å²) in [5.74, 6) is -1.36. The molecular formula is C7H10N2O4. The molecule has 72 valence electrons. The summed E-state index contributed by atoms with van der Waals surface area (Å²) in [5, 5.41) is 13.3. The molecule has 1 amide bonds. The second-order valence-corrected chi connectivity index (χ2v) is 2.32. The van der Waals surface area contributed by atoms with Gasteiger partial charge in [-0.1, -0.05) is 0 Å². The maximum Gasteiger partial charge on any atom is 0.345 e. The lowest BCUT2D eigenvalue weighted by Gasteiger charge is -2.19. The lowest BCUT2D eigenvalue weighted by Crippen LogP contribution is -2.49. The van der Waals surface area contributed by atoms with Crippen molar-refractivity contribution in [3.05, 3.63) is 11.8 Å². The highest BCUT2D eigenvalue weighted by Gasteiger charge is 2.24. The molecule has 0 aromatic heterocycles. The lowest BCUT2D eigenvalue weighted by atomic mass is 10.2. The number of hydrogen-bond donors (Lipinski definition) is 3. The maximum atomic E-state index is 11.0. The second-order valence-electron chi connectivity index (χ2n) is 2.32. The number of hydrogen-bond acceptors (Lipinski definition) is 5. The summed E-state index contributed by atoms with van der Waals surface area (Å²) in [5.41, 5.74) is -0.146. The molecule has 0 aliphatic carbocycles. The molecule has 0 fully saturated rings. The van der Waals surface area contributed by atoms with Gasteiger partial charge >= 0.3 is 5.97 Å². The Morgan fingerprint density at radius 2 is 2.46 bits per heavy atom. The third-order valence-corrected chi connectivity index (χ3v) is 1.39. The van der Waals surface area contributed by atoms with Crippen LogP contribution >= 0.6 is 0 Å². The number of aliphatic hydroxyl groups excluding tert-OH is 1. The third-order valence-electron chi connectivity index (χ3n) is 1.39. The fraction of sp³-hybridized carbons (Fsp3) is 0.429. The highest BCUT2D eigenvalue weighted by atomic mass is 16.5. The molecule has 0 spiro atoms. The first kappa shape index (κ1) is 9.53. The van der Waals surface area contributed by atoms with Gasteiger partial charge in [0.05, 0.1) is 6.61 Å². The zero-order valence-corrected chi connectivity index (χ0v) is 7.03. The molecule has 0 radical (unpaired) electrons. The average molecular weight is 186 g/mol. The summed E-state index contributed by atoms with van der Waals surface area (Å²) in [6.45, 7) is 1.84. The monoisotopic (exact) mass is 186 g/mol. The number of amides is 1. The van der Waals surface area contributed by atoms with E-state index in [1.54, 1.807) is 6.92 Å². The van der Waals surface area contributed by atoms with Crippen LogP contribution in [-0.4, -0.2) is 29.9 Å². The smallest absolute Gasteiger partial charge is 0.345 e. The van der Waals surface area contributed by atoms with Crippen LogP contribution in [0.5, 0.6) is 0 Å². The molecule has 1 aliphatic rings. The van der Waals surface area contributed by atoms with E-state index in [1.807, 2.05) is 0 Å². The summed E-state index contributed by atoms with van der Waals surface area (Å²) in [6.07, 6.45) is -0.0210. The molecule has 0 aromatic rings. The van der Waals surface area contributed by atoms with Crippen molar-refractivity contribution >= 4 is 11.9 Å². The predicted molar refractivity (Wildman–Crippen MR) is 42.0 cm³/mol. The van der Waals surface area contributed by atoms with Gasteiger partial charge in [0.2, 0.25) is 6.35 Å². The molecule has 0 saturated heterocycles. The van der Waals surface area contributed by atoms with Crippen LogP contribution in [0.15, 0.2) is 11.8 Å². The summed E-state index contributed by atoms with van der Waals surface area (Å²) in [6, 6.07) is 0. The van der Waals surface area contributed by atoms with Crippen LogP contribution in [0.1, 0.15) is 6.92 Å². The minimum absolute atomic E-state index is 0.146. The third kappa shape index (κ3) is 2.19. The Morgan fingerprint density at radius 1 is 1.77 bits per heavy atom. The van der Waals surface area contributed by atoms with Crippen molar-refractivity contribution in [1.82, 2.24) is 10.6 Å². The van der Waals surface area contributed by atoms with Crippen LogP contribution < -0.4 is 10.6 Å². The maximum absolute atomic E-state index is 11.0. The van der Waals surface area contributed by atoms with Crippen LogP contribution in [0.25, 0.3) is 0 Å². The van der Waals surface area contributed by atoms with Crippen molar-refractivity contribution in [2.75, 3.05) is 6.61 Å². The summed E-state index contributed by atoms with van der Waals surface area (Å²) in [7, 11) is 0. The van der Waals surface area contributed by atoms with Gasteiger partial charge in [-0.3, -0.25) is 4.79 Å². The summed E-state index contributed by atoms with van der Waals surface area (Å²) in [4.78, 5) is 22.1. The Kier molecular flexibility index (Phi) is 2.86. The fourth-order valence-corrected chi connectivity index (χ4v) is 0.832. The molecule has 1 unspecified atom stereocenters. The van der Waals surface area contributed by atoms with Crippen molar-refractivity contribution in [3.63, 3.8) is 0 Å². The summed E-state index contributed by atoms with van der Waals surface area (Å²) < 4.78 is 4.60. The van der Waals surface area contributed by atoms with Crippen molar-refractivity contribution < 1.29 is 19.4 Å². The van der Waals surface area contributed by atoms with Gasteiger partial charge in [0.15, 0.2) is 0 Å². The van der Waals surface area contributed by atoms with Crippen molar-refractivity contribution in [1.29, 1.82) is 0 Å². The van der Waals surface area contributed by atoms with E-state index in [-0.39, 0.29) is 12.2 Å². The number of esters is 1. The topological polar surface area (TPSA) is 87.7 Å². The molecular weight excluding hydrogens is 176 g/mol. The normalized spacial score (nSPS) is 21.2. The van der Waals surface area contributed by atoms with E-state index >= 15 is 0 Å². The molecule has 6 nitrogen and oxygen atoms in total. The minimum atomic E-state index is -1.15. The zero-order chi connectivity index (χ0) is 9.84. The molecule has 1 aliphatic heterocycles. The van der Waals surface area contributed by atoms with Crippen molar-refractivity contribution in [2.45, 2.75) is 13.3 Å². The van der Waals surface area contributed by atoms with Crippen molar-refractivity contribution in [2.24, 2.45) is 0 Å². The Bertz CT molecular complexity index is 261. The Hall–Kier alpha value is -1.56. The van der Waals surface area contributed by atoms with E-state index in [0.717, 1.165) is 6.20 Å². The van der Waals surface area contributed by atoms with Gasteiger partial charge in [-0.05, 0) is 6.92 Å². The number of ether oxygens (including phenoxy) is 1. The van der Waals surface area contributed by atoms with Gasteiger partial charge in [0.25, 0.3) is 5.91 Å². The van der Waals surface area contributed by atoms with Gasteiger partial charge in [-0.2, -0.15) is 0 Å². The molecule has 3 N–H and O–H groups in total. The molecule has 0 aromatic carbocycles. The van der Waals surface area contributed by atoms with E-state index in [1.165, 1.54) is 0 Å². The minimum Gasteiger partial charge on any atom is -0.462 e. The van der Waals surface area contributed by atoms with E-state index in [0.29, 0.717) is 0 Å². The van der Waals surface area contributed by atoms with Crippen LogP contribution in [0.3, 0.4) is 0 Å². The van der Waals surface area contributed by atoms with Crippen LogP contribution in [-0.2, 0) is 14.3 Å². The molecule has 13 heavy (non-hydrogen) atoms. The standard InChI is InChI=1S/C7H10N2O4/c1-2-13-6(11)4-3-8-7(12)9-5(4)10/h3,7-8,12H,2H2,1H3,(H,9,10). The Morgan fingerprint density at radius 3 is 3.00 bits per heavy atom. The molecule has 1 atom stereocenters. The largest absolute Gasteiger partial charge is 0.462 e. The van der Waals surface area contributed by atoms with Gasteiger partial charge in [0.1, 0.15) is 5.57 Å². The Balaban J connectivity index is 2.69. The van der Waals surface area contributed by atoms with Gasteiger partial charge < -0.3 is 20.5 Å². The number of rotatable bonds is 2. The highest BCUT2D eigenvalue weighted by Crippen LogP contribution is 2.01. The van der Waals surface area contributed by atoms with Gasteiger partial charge in [-0.15, -0.1) is 0 Å². The second kappa shape index (κ2) is 3.90. The molecule has 0 bridgehead atoms. The molecule has 1 rings (SSSR count). The first-order valence-corrected chi connectivity index (χ1v) is 3.77. The quantitative estimate of drug-likeness (QED) is 0.358. The lowest BCUT2D eigenvalue weighted by molar-refractivity contribution is -0.141. The predicted octanol–water partition coefficient (Wildman–Crippen LogP) is -1.57. The molecule has 0 saturated carbocycles. The Labute approximate surface area is 74.6 Å². The fourth-order valence-electron chi connectivity index (χ4n) is 0.832. The first-order valence-electron chi connectivity index (χ1n) is 3.77. The number of carbonyl (C=O) groups excluding carboxylic acids is 2. The molecule has 6 heteroatoms. The highest BCUT2D eigenvalue weighted by molar-refractivity contribution is 6.16. The van der Waals surface area contributed by atoms with E-state index in [4.69, 9.17) is 5.11 Å². The first-order chi connectivity index (χ1) is 6.15. The zero-order valence-electron chi connectivity index (χ0n) is 7.03. The number of aliphatic hydroxyl groups is 1. The van der Waals surface area contributed by atoms with E-state index in [2.05, 4.69) is 15.4 Å². The SMILES string of the molecule is CCOC(=O)C1=CNC(O)NC1=O. The van der Waals surface area contributed by atoms with Crippen LogP contribution in [0, 0.1) is 0 Å². The number of carbonyl (C=O) groups is 2. The van der Waals surface area contributed by atoms with Crippen molar-refractivity contribution in [3.8, 4) is 0 Å². The molecule has 1 heterocycles. The van der Waals surface area contributed by atoms with E-state index in [9.17, 15) is 9.59 Å².